The third-order valence-corrected chi connectivity index (χ3v) is 4.90. The maximum atomic E-state index is 6.09. The van der Waals surface area contributed by atoms with Crippen LogP contribution in [0.5, 0.6) is 34.5 Å². The average Bonchev–Trinajstić information content (AvgIpc) is 2.78. The van der Waals surface area contributed by atoms with Crippen molar-refractivity contribution in [3.8, 4) is 34.5 Å². The molecule has 0 aliphatic heterocycles. The van der Waals surface area contributed by atoms with Crippen molar-refractivity contribution >= 4 is 0 Å². The minimum atomic E-state index is -0.0529. The Morgan fingerprint density at radius 3 is 1.09 bits per heavy atom. The van der Waals surface area contributed by atoms with E-state index in [1.807, 2.05) is 65.8 Å². The molecule has 0 aromatic heterocycles. The lowest BCUT2D eigenvalue weighted by Crippen LogP contribution is -2.10. The summed E-state index contributed by atoms with van der Waals surface area (Å²) in [6.07, 6.45) is 0. The van der Waals surface area contributed by atoms with Crippen molar-refractivity contribution < 1.29 is 28.4 Å². The summed E-state index contributed by atoms with van der Waals surface area (Å²) in [5.74, 6) is 3.97. The van der Waals surface area contributed by atoms with Gasteiger partial charge in [-0.3, -0.25) is 0 Å². The summed E-state index contributed by atoms with van der Waals surface area (Å²) in [5, 5.41) is 0. The minimum absolute atomic E-state index is 0.0529. The molecule has 0 radical (unpaired) electrons. The number of benzene rings is 2. The first-order valence-electron chi connectivity index (χ1n) is 11.7. The number of hydrogen-bond acceptors (Lipinski definition) is 6. The number of hydrogen-bond donors (Lipinski definition) is 0. The Morgan fingerprint density at radius 2 is 0.781 bits per heavy atom. The minimum Gasteiger partial charge on any atom is -0.490 e. The van der Waals surface area contributed by atoms with Gasteiger partial charge in [0.2, 0.25) is 11.5 Å². The first-order valence-corrected chi connectivity index (χ1v) is 11.7. The van der Waals surface area contributed by atoms with Crippen LogP contribution in [0.25, 0.3) is 0 Å². The average molecular weight is 447 g/mol. The zero-order chi connectivity index (χ0) is 23.5. The van der Waals surface area contributed by atoms with E-state index in [1.54, 1.807) is 0 Å². The van der Waals surface area contributed by atoms with Gasteiger partial charge in [-0.2, -0.15) is 0 Å². The molecule has 6 heteroatoms. The molecule has 2 aromatic carbocycles. The normalized spacial score (nSPS) is 10.8. The lowest BCUT2D eigenvalue weighted by molar-refractivity contribution is 0.256. The van der Waals surface area contributed by atoms with Gasteiger partial charge in [0.25, 0.3) is 0 Å². The molecule has 2 rings (SSSR count). The third-order valence-electron chi connectivity index (χ3n) is 4.90. The highest BCUT2D eigenvalue weighted by molar-refractivity contribution is 5.62. The monoisotopic (exact) mass is 446 g/mol. The van der Waals surface area contributed by atoms with Gasteiger partial charge < -0.3 is 28.4 Å². The van der Waals surface area contributed by atoms with Gasteiger partial charge in [-0.15, -0.1) is 0 Å². The molecule has 0 aliphatic rings. The molecular formula is C26H38O6. The summed E-state index contributed by atoms with van der Waals surface area (Å²) >= 11 is 0. The Balaban J connectivity index is 2.68. The van der Waals surface area contributed by atoms with Crippen LogP contribution in [0.1, 0.15) is 65.5 Å². The molecule has 0 bridgehead atoms. The molecule has 0 aliphatic carbocycles. The molecule has 0 N–H and O–H groups in total. The van der Waals surface area contributed by atoms with Crippen LogP contribution >= 0.6 is 0 Å². The molecule has 0 unspecified atom stereocenters. The summed E-state index contributed by atoms with van der Waals surface area (Å²) in [7, 11) is 0. The summed E-state index contributed by atoms with van der Waals surface area (Å²) in [4.78, 5) is 0. The van der Waals surface area contributed by atoms with Gasteiger partial charge in [-0.05, 0) is 53.7 Å². The smallest absolute Gasteiger partial charge is 0.203 e. The van der Waals surface area contributed by atoms with Crippen LogP contribution < -0.4 is 28.4 Å². The first kappa shape index (κ1) is 25.5. The highest BCUT2D eigenvalue weighted by Gasteiger charge is 2.26. The van der Waals surface area contributed by atoms with Crippen molar-refractivity contribution in [2.45, 2.75) is 54.4 Å². The summed E-state index contributed by atoms with van der Waals surface area (Å²) in [6, 6.07) is 7.97. The van der Waals surface area contributed by atoms with Crippen LogP contribution in [-0.4, -0.2) is 39.6 Å². The zero-order valence-corrected chi connectivity index (χ0v) is 20.6. The van der Waals surface area contributed by atoms with Crippen LogP contribution in [0.15, 0.2) is 24.3 Å². The Morgan fingerprint density at radius 1 is 0.469 bits per heavy atom. The van der Waals surface area contributed by atoms with Crippen molar-refractivity contribution in [3.05, 3.63) is 35.4 Å². The van der Waals surface area contributed by atoms with Crippen LogP contribution in [0, 0.1) is 0 Å². The molecule has 2 aromatic rings. The fourth-order valence-corrected chi connectivity index (χ4v) is 3.66. The second-order valence-corrected chi connectivity index (χ2v) is 6.94. The molecule has 0 heterocycles. The van der Waals surface area contributed by atoms with Gasteiger partial charge in [0.15, 0.2) is 23.0 Å². The molecular weight excluding hydrogens is 408 g/mol. The van der Waals surface area contributed by atoms with Crippen molar-refractivity contribution in [2.75, 3.05) is 39.6 Å². The zero-order valence-electron chi connectivity index (χ0n) is 20.6. The van der Waals surface area contributed by atoms with Crippen LogP contribution in [0.3, 0.4) is 0 Å². The predicted octanol–water partition coefficient (Wildman–Crippen LogP) is 6.23. The second-order valence-electron chi connectivity index (χ2n) is 6.94. The molecule has 0 spiro atoms. The molecule has 32 heavy (non-hydrogen) atoms. The van der Waals surface area contributed by atoms with Crippen molar-refractivity contribution in [1.29, 1.82) is 0 Å². The predicted molar refractivity (Wildman–Crippen MR) is 127 cm³/mol. The van der Waals surface area contributed by atoms with Crippen LogP contribution in [-0.2, 0) is 0 Å². The second kappa shape index (κ2) is 12.9. The number of rotatable bonds is 14. The Labute approximate surface area is 192 Å². The Hall–Kier alpha value is -2.76. The summed E-state index contributed by atoms with van der Waals surface area (Å²) < 4.78 is 35.7. The molecule has 0 amide bonds. The molecule has 0 atom stereocenters. The number of ether oxygens (including phenoxy) is 6. The van der Waals surface area contributed by atoms with E-state index in [0.29, 0.717) is 74.1 Å². The summed E-state index contributed by atoms with van der Waals surface area (Å²) in [5.41, 5.74) is 1.98. The van der Waals surface area contributed by atoms with Gasteiger partial charge in [0.05, 0.1) is 39.6 Å². The van der Waals surface area contributed by atoms with Crippen LogP contribution in [0.2, 0.25) is 0 Å². The Bertz CT molecular complexity index is 779. The molecule has 0 fully saturated rings. The van der Waals surface area contributed by atoms with Crippen LogP contribution in [0.4, 0.5) is 0 Å². The maximum absolute atomic E-state index is 6.09. The van der Waals surface area contributed by atoms with E-state index in [-0.39, 0.29) is 5.92 Å². The van der Waals surface area contributed by atoms with Gasteiger partial charge in [0, 0.05) is 17.0 Å². The highest BCUT2D eigenvalue weighted by Crippen LogP contribution is 2.49. The first-order chi connectivity index (χ1) is 15.6. The van der Waals surface area contributed by atoms with E-state index in [4.69, 9.17) is 28.4 Å². The summed E-state index contributed by atoms with van der Waals surface area (Å²) in [6.45, 7) is 17.0. The highest BCUT2D eigenvalue weighted by atomic mass is 16.5. The Kier molecular flexibility index (Phi) is 10.3. The van der Waals surface area contributed by atoms with Crippen molar-refractivity contribution in [3.63, 3.8) is 0 Å². The maximum Gasteiger partial charge on any atom is 0.203 e. The van der Waals surface area contributed by atoms with Crippen molar-refractivity contribution in [1.82, 2.24) is 0 Å². The SMILES string of the molecule is CCOc1ccc(C(C)c2ccc(OCC)c(OCC)c2OCC)c(OCC)c1OCC. The quantitative estimate of drug-likeness (QED) is 0.343. The molecule has 0 saturated heterocycles. The van der Waals surface area contributed by atoms with E-state index in [2.05, 4.69) is 6.92 Å². The van der Waals surface area contributed by atoms with Crippen molar-refractivity contribution in [2.24, 2.45) is 0 Å². The van der Waals surface area contributed by atoms with Gasteiger partial charge in [-0.1, -0.05) is 19.1 Å². The van der Waals surface area contributed by atoms with Gasteiger partial charge in [-0.25, -0.2) is 0 Å². The largest absolute Gasteiger partial charge is 0.490 e. The molecule has 178 valence electrons. The standard InChI is InChI=1S/C26H38O6/c1-8-27-21-16-14-19(23(29-10-3)25(21)31-12-5)18(7)20-15-17-22(28-9-2)26(32-13-6)24(20)30-11-4/h14-18H,8-13H2,1-7H3. The lowest BCUT2D eigenvalue weighted by atomic mass is 9.90. The van der Waals surface area contributed by atoms with E-state index in [0.717, 1.165) is 11.1 Å². The fourth-order valence-electron chi connectivity index (χ4n) is 3.66. The fraction of sp³-hybridized carbons (Fsp3) is 0.538. The van der Waals surface area contributed by atoms with E-state index >= 15 is 0 Å². The molecule has 6 nitrogen and oxygen atoms in total. The van der Waals surface area contributed by atoms with E-state index in [1.165, 1.54) is 0 Å². The molecule has 0 saturated carbocycles. The van der Waals surface area contributed by atoms with Gasteiger partial charge >= 0.3 is 0 Å². The van der Waals surface area contributed by atoms with E-state index < -0.39 is 0 Å². The third kappa shape index (κ3) is 5.72. The topological polar surface area (TPSA) is 55.4 Å². The van der Waals surface area contributed by atoms with Gasteiger partial charge in [0.1, 0.15) is 0 Å². The lowest BCUT2D eigenvalue weighted by Gasteiger charge is -2.25. The van der Waals surface area contributed by atoms with E-state index in [9.17, 15) is 0 Å².